The molecule has 0 bridgehead atoms. The van der Waals surface area contributed by atoms with Gasteiger partial charge in [-0.05, 0) is 25.5 Å². The van der Waals surface area contributed by atoms with Crippen LogP contribution in [0.4, 0.5) is 5.69 Å². The molecule has 33 heavy (non-hydrogen) atoms. The van der Waals surface area contributed by atoms with Crippen LogP contribution in [-0.2, 0) is 36.0 Å². The number of imide groups is 1. The minimum atomic E-state index is -1.40. The summed E-state index contributed by atoms with van der Waals surface area (Å²) in [6.45, 7) is 3.64. The molecule has 2 aromatic rings. The van der Waals surface area contributed by atoms with Crippen LogP contribution in [0.1, 0.15) is 25.0 Å². The first-order chi connectivity index (χ1) is 15.9. The van der Waals surface area contributed by atoms with Crippen molar-refractivity contribution >= 4 is 29.4 Å². The molecule has 3 aliphatic rings. The number of nitrogens with zero attached hydrogens (tertiary/aromatic N) is 2. The van der Waals surface area contributed by atoms with Crippen molar-refractivity contribution in [2.24, 2.45) is 11.8 Å². The minimum absolute atomic E-state index is 0.163. The normalized spacial score (nSPS) is 27.9. The molecule has 0 unspecified atom stereocenters. The molecule has 3 amide bonds. The number of carbonyl (C=O) groups is 4. The lowest BCUT2D eigenvalue weighted by molar-refractivity contribution is -0.144. The maximum absolute atomic E-state index is 13.9. The number of esters is 1. The molecule has 0 aliphatic carbocycles. The van der Waals surface area contributed by atoms with Gasteiger partial charge >= 0.3 is 5.97 Å². The standard InChI is InChI=1S/C25H25N3O5/c1-3-33-19(29)14-27-18-12-8-7-11-17(18)25(24(27)32)21-20(15(2)26-25)22(30)28(23(21)31)13-16-9-5-4-6-10-16/h4-12,15,20-21,26H,3,13-14H2,1-2H3/t15-,20+,21-,25+/m0/s1. The zero-order valence-electron chi connectivity index (χ0n) is 18.5. The van der Waals surface area contributed by atoms with Gasteiger partial charge in [0.05, 0.1) is 25.0 Å². The van der Waals surface area contributed by atoms with Gasteiger partial charge in [0, 0.05) is 17.3 Å². The van der Waals surface area contributed by atoms with Crippen molar-refractivity contribution in [1.82, 2.24) is 10.2 Å². The monoisotopic (exact) mass is 447 g/mol. The number of anilines is 1. The van der Waals surface area contributed by atoms with Crippen LogP contribution in [0.2, 0.25) is 0 Å². The fourth-order valence-corrected chi connectivity index (χ4v) is 5.58. The molecule has 0 aromatic heterocycles. The Kier molecular flexibility index (Phi) is 5.05. The van der Waals surface area contributed by atoms with E-state index in [1.807, 2.05) is 37.3 Å². The van der Waals surface area contributed by atoms with E-state index in [0.29, 0.717) is 11.3 Å². The van der Waals surface area contributed by atoms with Gasteiger partial charge < -0.3 is 4.74 Å². The summed E-state index contributed by atoms with van der Waals surface area (Å²) in [5, 5.41) is 3.31. The van der Waals surface area contributed by atoms with Gasteiger partial charge in [-0.15, -0.1) is 0 Å². The zero-order chi connectivity index (χ0) is 23.3. The summed E-state index contributed by atoms with van der Waals surface area (Å²) in [5.74, 6) is -3.13. The van der Waals surface area contributed by atoms with Gasteiger partial charge in [0.2, 0.25) is 11.8 Å². The molecule has 1 N–H and O–H groups in total. The Morgan fingerprint density at radius 1 is 1.00 bits per heavy atom. The lowest BCUT2D eigenvalue weighted by Crippen LogP contribution is -2.55. The number of benzene rings is 2. The van der Waals surface area contributed by atoms with Gasteiger partial charge in [-0.3, -0.25) is 34.3 Å². The third-order valence-corrected chi connectivity index (χ3v) is 6.88. The number of nitrogens with one attached hydrogen (secondary N) is 1. The predicted octanol–water partition coefficient (Wildman–Crippen LogP) is 1.58. The van der Waals surface area contributed by atoms with Gasteiger partial charge in [-0.25, -0.2) is 0 Å². The Morgan fingerprint density at radius 2 is 1.70 bits per heavy atom. The Morgan fingerprint density at radius 3 is 2.42 bits per heavy atom. The Hall–Kier alpha value is -3.52. The summed E-state index contributed by atoms with van der Waals surface area (Å²) in [7, 11) is 0. The van der Waals surface area contributed by atoms with E-state index in [0.717, 1.165) is 5.56 Å². The molecule has 2 saturated heterocycles. The Balaban J connectivity index is 1.56. The highest BCUT2D eigenvalue weighted by atomic mass is 16.5. The van der Waals surface area contributed by atoms with Crippen LogP contribution in [0.15, 0.2) is 54.6 Å². The average Bonchev–Trinajstić information content (AvgIpc) is 3.34. The van der Waals surface area contributed by atoms with Gasteiger partial charge in [0.1, 0.15) is 12.1 Å². The second-order valence-corrected chi connectivity index (χ2v) is 8.71. The lowest BCUT2D eigenvalue weighted by Gasteiger charge is -2.30. The van der Waals surface area contributed by atoms with E-state index in [1.54, 1.807) is 31.2 Å². The van der Waals surface area contributed by atoms with Gasteiger partial charge in [-0.2, -0.15) is 0 Å². The van der Waals surface area contributed by atoms with Crippen LogP contribution in [-0.4, -0.2) is 47.8 Å². The topological polar surface area (TPSA) is 96.0 Å². The molecule has 5 rings (SSSR count). The Bertz CT molecular complexity index is 1150. The van der Waals surface area contributed by atoms with E-state index in [2.05, 4.69) is 5.32 Å². The van der Waals surface area contributed by atoms with Gasteiger partial charge in [0.15, 0.2) is 0 Å². The van der Waals surface area contributed by atoms with E-state index in [-0.39, 0.29) is 31.5 Å². The second-order valence-electron chi connectivity index (χ2n) is 8.71. The molecular formula is C25H25N3O5. The largest absolute Gasteiger partial charge is 0.465 e. The molecule has 3 aliphatic heterocycles. The van der Waals surface area contributed by atoms with E-state index in [9.17, 15) is 19.2 Å². The SMILES string of the molecule is CCOC(=O)CN1C(=O)[C@@]2(N[C@@H](C)[C@H]3C(=O)N(Cc4ccccc4)C(=O)[C@H]32)c2ccccc21. The molecule has 0 saturated carbocycles. The number of carbonyl (C=O) groups excluding carboxylic acids is 4. The quantitative estimate of drug-likeness (QED) is 0.552. The zero-order valence-corrected chi connectivity index (χ0v) is 18.5. The maximum Gasteiger partial charge on any atom is 0.326 e. The van der Waals surface area contributed by atoms with Crippen molar-refractivity contribution in [2.75, 3.05) is 18.1 Å². The number of amides is 3. The first-order valence-electron chi connectivity index (χ1n) is 11.1. The first kappa shape index (κ1) is 21.3. The van der Waals surface area contributed by atoms with E-state index >= 15 is 0 Å². The van der Waals surface area contributed by atoms with E-state index in [1.165, 1.54) is 9.80 Å². The van der Waals surface area contributed by atoms with Gasteiger partial charge in [0.25, 0.3) is 5.91 Å². The van der Waals surface area contributed by atoms with E-state index in [4.69, 9.17) is 4.74 Å². The van der Waals surface area contributed by atoms with Crippen LogP contribution < -0.4 is 10.2 Å². The number of rotatable bonds is 5. The van der Waals surface area contributed by atoms with Crippen molar-refractivity contribution in [1.29, 1.82) is 0 Å². The molecule has 3 heterocycles. The highest BCUT2D eigenvalue weighted by molar-refractivity contribution is 6.16. The van der Waals surface area contributed by atoms with Crippen molar-refractivity contribution in [3.8, 4) is 0 Å². The number of para-hydroxylation sites is 1. The number of hydrogen-bond acceptors (Lipinski definition) is 6. The fourth-order valence-electron chi connectivity index (χ4n) is 5.58. The predicted molar refractivity (Wildman–Crippen MR) is 119 cm³/mol. The third-order valence-electron chi connectivity index (χ3n) is 6.88. The summed E-state index contributed by atoms with van der Waals surface area (Å²) in [6.07, 6.45) is 0. The molecule has 1 spiro atoms. The van der Waals surface area contributed by atoms with Crippen LogP contribution in [0.25, 0.3) is 0 Å². The maximum atomic E-state index is 13.9. The Labute approximate surface area is 191 Å². The van der Waals surface area contributed by atoms with Crippen LogP contribution in [0, 0.1) is 11.8 Å². The number of likely N-dealkylation sites (tertiary alicyclic amines) is 1. The van der Waals surface area contributed by atoms with Crippen molar-refractivity contribution in [3.63, 3.8) is 0 Å². The molecule has 2 aromatic carbocycles. The van der Waals surface area contributed by atoms with Crippen molar-refractivity contribution in [2.45, 2.75) is 32.0 Å². The summed E-state index contributed by atoms with van der Waals surface area (Å²) >= 11 is 0. The molecular weight excluding hydrogens is 422 g/mol. The summed E-state index contributed by atoms with van der Waals surface area (Å²) in [5.41, 5.74) is 0.612. The molecule has 4 atom stereocenters. The summed E-state index contributed by atoms with van der Waals surface area (Å²) in [6, 6.07) is 16.0. The highest BCUT2D eigenvalue weighted by Crippen LogP contribution is 2.54. The molecule has 8 nitrogen and oxygen atoms in total. The molecule has 0 radical (unpaired) electrons. The fraction of sp³-hybridized carbons (Fsp3) is 0.360. The minimum Gasteiger partial charge on any atom is -0.465 e. The summed E-state index contributed by atoms with van der Waals surface area (Å²) in [4.78, 5) is 55.9. The number of fused-ring (bicyclic) bond motifs is 4. The number of ether oxygens (including phenoxy) is 1. The first-order valence-corrected chi connectivity index (χ1v) is 11.1. The lowest BCUT2D eigenvalue weighted by atomic mass is 9.76. The van der Waals surface area contributed by atoms with Crippen molar-refractivity contribution in [3.05, 3.63) is 65.7 Å². The second kappa shape index (κ2) is 7.81. The van der Waals surface area contributed by atoms with Crippen LogP contribution in [0.5, 0.6) is 0 Å². The molecule has 8 heteroatoms. The summed E-state index contributed by atoms with van der Waals surface area (Å²) < 4.78 is 5.07. The van der Waals surface area contributed by atoms with Crippen LogP contribution >= 0.6 is 0 Å². The molecule has 170 valence electrons. The average molecular weight is 447 g/mol. The molecule has 2 fully saturated rings. The van der Waals surface area contributed by atoms with Crippen LogP contribution in [0.3, 0.4) is 0 Å². The van der Waals surface area contributed by atoms with Gasteiger partial charge in [-0.1, -0.05) is 48.5 Å². The number of hydrogen-bond donors (Lipinski definition) is 1. The third kappa shape index (κ3) is 3.01. The van der Waals surface area contributed by atoms with Crippen molar-refractivity contribution < 1.29 is 23.9 Å². The highest BCUT2D eigenvalue weighted by Gasteiger charge is 2.70. The smallest absolute Gasteiger partial charge is 0.326 e. The van der Waals surface area contributed by atoms with E-state index < -0.39 is 35.3 Å².